The number of rotatable bonds is 6. The number of pyridine rings is 2. The van der Waals surface area contributed by atoms with Crippen LogP contribution in [0.5, 0.6) is 11.6 Å². The van der Waals surface area contributed by atoms with Crippen molar-refractivity contribution in [2.75, 3.05) is 13.2 Å². The fourth-order valence-corrected chi connectivity index (χ4v) is 2.03. The molecule has 0 aromatic carbocycles. The van der Waals surface area contributed by atoms with Crippen LogP contribution in [0.4, 0.5) is 0 Å². The summed E-state index contributed by atoms with van der Waals surface area (Å²) in [6.07, 6.45) is 1.69. The topological polar surface area (TPSA) is 44.2 Å². The van der Waals surface area contributed by atoms with E-state index in [1.54, 1.807) is 18.3 Å². The Labute approximate surface area is 137 Å². The molecule has 0 aliphatic heterocycles. The first-order valence-corrected chi connectivity index (χ1v) is 7.61. The molecule has 0 saturated carbocycles. The fraction of sp³-hybridized carbons (Fsp3) is 0.333. The molecule has 0 saturated heterocycles. The Hall–Kier alpha value is -1.33. The molecule has 2 rings (SSSR count). The van der Waals surface area contributed by atoms with Gasteiger partial charge in [0, 0.05) is 23.7 Å². The van der Waals surface area contributed by atoms with Crippen molar-refractivity contribution < 1.29 is 9.47 Å². The number of aromatic nitrogens is 2. The average molecular weight is 372 g/mol. The van der Waals surface area contributed by atoms with Crippen molar-refractivity contribution in [3.63, 3.8) is 0 Å². The third kappa shape index (κ3) is 5.52. The molecule has 6 heteroatoms. The van der Waals surface area contributed by atoms with Gasteiger partial charge >= 0.3 is 0 Å². The van der Waals surface area contributed by atoms with Gasteiger partial charge in [0.05, 0.1) is 13.2 Å². The van der Waals surface area contributed by atoms with Crippen LogP contribution < -0.4 is 9.47 Å². The number of ether oxygens (including phenoxy) is 2. The lowest BCUT2D eigenvalue weighted by molar-refractivity contribution is 0.108. The number of nitrogens with zero attached hydrogens (tertiary/aromatic N) is 2. The maximum Gasteiger partial charge on any atom is 0.214 e. The smallest absolute Gasteiger partial charge is 0.214 e. The summed E-state index contributed by atoms with van der Waals surface area (Å²) in [5.41, 5.74) is -0.167. The van der Waals surface area contributed by atoms with E-state index in [9.17, 15) is 0 Å². The van der Waals surface area contributed by atoms with Crippen LogP contribution in [0.2, 0.25) is 5.15 Å². The highest BCUT2D eigenvalue weighted by molar-refractivity contribution is 9.10. The van der Waals surface area contributed by atoms with E-state index in [1.807, 2.05) is 18.2 Å². The summed E-state index contributed by atoms with van der Waals surface area (Å²) in [6, 6.07) is 8.95. The van der Waals surface area contributed by atoms with E-state index in [0.29, 0.717) is 24.2 Å². The highest BCUT2D eigenvalue weighted by atomic mass is 79.9. The second-order valence-electron chi connectivity index (χ2n) is 5.35. The lowest BCUT2D eigenvalue weighted by atomic mass is 9.96. The molecule has 0 atom stereocenters. The number of hydrogen-bond donors (Lipinski definition) is 0. The maximum atomic E-state index is 5.82. The van der Waals surface area contributed by atoms with Gasteiger partial charge in [0.25, 0.3) is 0 Å². The van der Waals surface area contributed by atoms with Crippen molar-refractivity contribution in [2.24, 2.45) is 5.41 Å². The van der Waals surface area contributed by atoms with Gasteiger partial charge < -0.3 is 9.47 Å². The molecule has 2 aromatic heterocycles. The molecule has 2 aromatic rings. The third-order valence-electron chi connectivity index (χ3n) is 2.63. The van der Waals surface area contributed by atoms with Crippen LogP contribution in [-0.4, -0.2) is 23.2 Å². The minimum Gasteiger partial charge on any atom is -0.493 e. The van der Waals surface area contributed by atoms with Gasteiger partial charge in [-0.05, 0) is 28.1 Å². The molecule has 0 amide bonds. The summed E-state index contributed by atoms with van der Waals surface area (Å²) in [6.45, 7) is 5.12. The van der Waals surface area contributed by atoms with Gasteiger partial charge in [-0.1, -0.05) is 31.5 Å². The molecule has 21 heavy (non-hydrogen) atoms. The summed E-state index contributed by atoms with van der Waals surface area (Å²) in [7, 11) is 0. The van der Waals surface area contributed by atoms with E-state index in [-0.39, 0.29) is 5.41 Å². The van der Waals surface area contributed by atoms with Crippen LogP contribution in [0.15, 0.2) is 41.1 Å². The normalized spacial score (nSPS) is 11.2. The van der Waals surface area contributed by atoms with Crippen LogP contribution in [0.3, 0.4) is 0 Å². The van der Waals surface area contributed by atoms with Crippen molar-refractivity contribution in [3.05, 3.63) is 46.3 Å². The molecule has 4 nitrogen and oxygen atoms in total. The van der Waals surface area contributed by atoms with Crippen molar-refractivity contribution in [2.45, 2.75) is 13.8 Å². The summed E-state index contributed by atoms with van der Waals surface area (Å²) < 4.78 is 12.2. The largest absolute Gasteiger partial charge is 0.493 e. The highest BCUT2D eigenvalue weighted by Gasteiger charge is 2.20. The lowest BCUT2D eigenvalue weighted by Crippen LogP contribution is -2.28. The van der Waals surface area contributed by atoms with E-state index in [1.165, 1.54) is 0 Å². The number of hydrogen-bond acceptors (Lipinski definition) is 4. The van der Waals surface area contributed by atoms with Crippen LogP contribution in [-0.2, 0) is 0 Å². The summed E-state index contributed by atoms with van der Waals surface area (Å²) >= 11 is 9.14. The zero-order valence-electron chi connectivity index (χ0n) is 11.8. The third-order valence-corrected chi connectivity index (χ3v) is 3.27. The molecule has 0 aliphatic rings. The zero-order valence-corrected chi connectivity index (χ0v) is 14.2. The average Bonchev–Trinajstić information content (AvgIpc) is 2.44. The Morgan fingerprint density at radius 1 is 1.19 bits per heavy atom. The van der Waals surface area contributed by atoms with E-state index in [2.05, 4.69) is 39.7 Å². The molecule has 0 spiro atoms. The highest BCUT2D eigenvalue weighted by Crippen LogP contribution is 2.22. The minimum absolute atomic E-state index is 0.167. The summed E-state index contributed by atoms with van der Waals surface area (Å²) in [4.78, 5) is 8.15. The van der Waals surface area contributed by atoms with Crippen LogP contribution >= 0.6 is 27.5 Å². The van der Waals surface area contributed by atoms with Crippen LogP contribution in [0.1, 0.15) is 13.8 Å². The van der Waals surface area contributed by atoms with Crippen molar-refractivity contribution in [3.8, 4) is 11.6 Å². The zero-order chi connectivity index (χ0) is 15.3. The number of halogens is 2. The Kier molecular flexibility index (Phi) is 5.42. The van der Waals surface area contributed by atoms with Gasteiger partial charge in [0.1, 0.15) is 15.5 Å². The van der Waals surface area contributed by atoms with Crippen LogP contribution in [0.25, 0.3) is 0 Å². The van der Waals surface area contributed by atoms with Crippen molar-refractivity contribution in [1.82, 2.24) is 9.97 Å². The van der Waals surface area contributed by atoms with E-state index < -0.39 is 0 Å². The maximum absolute atomic E-state index is 5.82. The minimum atomic E-state index is -0.167. The van der Waals surface area contributed by atoms with Gasteiger partial charge in [-0.2, -0.15) is 0 Å². The lowest BCUT2D eigenvalue weighted by Gasteiger charge is -2.24. The molecule has 2 heterocycles. The Morgan fingerprint density at radius 2 is 1.95 bits per heavy atom. The first-order valence-electron chi connectivity index (χ1n) is 6.44. The first-order chi connectivity index (χ1) is 9.94. The summed E-state index contributed by atoms with van der Waals surface area (Å²) in [5.74, 6) is 1.29. The van der Waals surface area contributed by atoms with Gasteiger partial charge in [-0.3, -0.25) is 0 Å². The van der Waals surface area contributed by atoms with Crippen LogP contribution in [0, 0.1) is 5.41 Å². The van der Waals surface area contributed by atoms with Gasteiger partial charge in [0.15, 0.2) is 0 Å². The van der Waals surface area contributed by atoms with E-state index in [4.69, 9.17) is 21.1 Å². The Balaban J connectivity index is 1.87. The molecular formula is C15H16BrClN2O2. The Bertz CT molecular complexity index is 556. The molecule has 0 fully saturated rings. The van der Waals surface area contributed by atoms with Gasteiger partial charge in [-0.25, -0.2) is 9.97 Å². The molecule has 0 bridgehead atoms. The van der Waals surface area contributed by atoms with Gasteiger partial charge in [-0.15, -0.1) is 0 Å². The van der Waals surface area contributed by atoms with E-state index in [0.717, 1.165) is 10.4 Å². The molecular weight excluding hydrogens is 356 g/mol. The first kappa shape index (κ1) is 16.0. The summed E-state index contributed by atoms with van der Waals surface area (Å²) in [5, 5.41) is 0.420. The van der Waals surface area contributed by atoms with Gasteiger partial charge in [0.2, 0.25) is 5.88 Å². The fourth-order valence-electron chi connectivity index (χ4n) is 1.53. The van der Waals surface area contributed by atoms with Crippen molar-refractivity contribution in [1.29, 1.82) is 0 Å². The van der Waals surface area contributed by atoms with Crippen molar-refractivity contribution >= 4 is 27.5 Å². The second kappa shape index (κ2) is 7.09. The van der Waals surface area contributed by atoms with E-state index >= 15 is 0 Å². The molecule has 0 radical (unpaired) electrons. The standard InChI is InChI=1S/C15H16BrClN2O2/c1-15(2,9-20-11-6-7-18-12(16)8-11)10-21-14-5-3-4-13(17)19-14/h3-8H,9-10H2,1-2H3. The molecule has 0 aliphatic carbocycles. The quantitative estimate of drug-likeness (QED) is 0.707. The predicted octanol–water partition coefficient (Wildman–Crippen LogP) is 4.38. The molecule has 0 unspecified atom stereocenters. The second-order valence-corrected chi connectivity index (χ2v) is 6.55. The molecule has 0 N–H and O–H groups in total. The predicted molar refractivity (Wildman–Crippen MR) is 86.0 cm³/mol. The molecule has 112 valence electrons. The Morgan fingerprint density at radius 3 is 2.67 bits per heavy atom. The monoisotopic (exact) mass is 370 g/mol. The SMILES string of the molecule is CC(C)(COc1ccnc(Br)c1)COc1cccc(Cl)n1.